The second-order valence-electron chi connectivity index (χ2n) is 2.98. The van der Waals surface area contributed by atoms with Crippen LogP contribution in [0.2, 0.25) is 0 Å². The van der Waals surface area contributed by atoms with E-state index in [4.69, 9.17) is 5.73 Å². The van der Waals surface area contributed by atoms with E-state index in [9.17, 15) is 4.39 Å². The van der Waals surface area contributed by atoms with Crippen LogP contribution in [0, 0.1) is 12.7 Å². The minimum Gasteiger partial charge on any atom is -0.375 e. The molecule has 2 rings (SSSR count). The summed E-state index contributed by atoms with van der Waals surface area (Å²) in [5.41, 5.74) is 7.01. The molecule has 0 aliphatic carbocycles. The predicted octanol–water partition coefficient (Wildman–Crippen LogP) is 2.84. The Balaban J connectivity index is 2.57. The first-order valence-corrected chi connectivity index (χ1v) is 4.97. The molecule has 2 aromatic rings. The molecule has 0 aliphatic heterocycles. The molecule has 0 aliphatic rings. The van der Waals surface area contributed by atoms with Gasteiger partial charge < -0.3 is 5.73 Å². The zero-order chi connectivity index (χ0) is 10.1. The molecule has 0 radical (unpaired) electrons. The van der Waals surface area contributed by atoms with Crippen LogP contribution in [0.5, 0.6) is 0 Å². The highest BCUT2D eigenvalue weighted by molar-refractivity contribution is 7.18. The van der Waals surface area contributed by atoms with E-state index in [1.54, 1.807) is 19.2 Å². The molecule has 1 aromatic heterocycles. The summed E-state index contributed by atoms with van der Waals surface area (Å²) in [7, 11) is 0. The average Bonchev–Trinajstić information content (AvgIpc) is 2.57. The van der Waals surface area contributed by atoms with Crippen LogP contribution in [0.25, 0.3) is 10.4 Å². The fraction of sp³-hybridized carbons (Fsp3) is 0.100. The van der Waals surface area contributed by atoms with Crippen LogP contribution >= 0.6 is 11.3 Å². The van der Waals surface area contributed by atoms with Crippen LogP contribution in [0.15, 0.2) is 24.4 Å². The minimum absolute atomic E-state index is 0.200. The first-order valence-electron chi connectivity index (χ1n) is 4.15. The molecule has 1 heterocycles. The van der Waals surface area contributed by atoms with Crippen molar-refractivity contribution in [3.05, 3.63) is 35.8 Å². The van der Waals surface area contributed by atoms with E-state index in [0.717, 1.165) is 10.4 Å². The zero-order valence-electron chi connectivity index (χ0n) is 7.62. The summed E-state index contributed by atoms with van der Waals surface area (Å²) in [4.78, 5) is 4.84. The van der Waals surface area contributed by atoms with Gasteiger partial charge in [-0.1, -0.05) is 23.5 Å². The molecule has 0 saturated carbocycles. The maximum atomic E-state index is 13.2. The van der Waals surface area contributed by atoms with Gasteiger partial charge in [0.2, 0.25) is 0 Å². The number of halogens is 1. The normalized spacial score (nSPS) is 10.4. The SMILES string of the molecule is Cc1c(F)cccc1-c1cnc(N)s1. The first kappa shape index (κ1) is 9.15. The number of hydrogen-bond acceptors (Lipinski definition) is 3. The minimum atomic E-state index is -0.200. The molecule has 0 saturated heterocycles. The smallest absolute Gasteiger partial charge is 0.180 e. The molecular weight excluding hydrogens is 199 g/mol. The summed E-state index contributed by atoms with van der Waals surface area (Å²) in [6, 6.07) is 5.00. The Kier molecular flexibility index (Phi) is 2.21. The second-order valence-corrected chi connectivity index (χ2v) is 4.04. The fourth-order valence-electron chi connectivity index (χ4n) is 1.29. The molecule has 0 fully saturated rings. The number of thiazole rings is 1. The maximum Gasteiger partial charge on any atom is 0.180 e. The third-order valence-electron chi connectivity index (χ3n) is 2.06. The van der Waals surface area contributed by atoms with Gasteiger partial charge in [-0.2, -0.15) is 0 Å². The number of benzene rings is 1. The van der Waals surface area contributed by atoms with Crippen molar-refractivity contribution in [3.63, 3.8) is 0 Å². The van der Waals surface area contributed by atoms with Gasteiger partial charge in [-0.25, -0.2) is 9.37 Å². The van der Waals surface area contributed by atoms with Crippen molar-refractivity contribution in [1.29, 1.82) is 0 Å². The lowest BCUT2D eigenvalue weighted by molar-refractivity contribution is 0.619. The third kappa shape index (κ3) is 1.48. The van der Waals surface area contributed by atoms with Crippen LogP contribution < -0.4 is 5.73 Å². The Morgan fingerprint density at radius 1 is 1.43 bits per heavy atom. The summed E-state index contributed by atoms with van der Waals surface area (Å²) >= 11 is 1.36. The highest BCUT2D eigenvalue weighted by Gasteiger charge is 2.07. The second kappa shape index (κ2) is 3.38. The molecule has 2 nitrogen and oxygen atoms in total. The van der Waals surface area contributed by atoms with Crippen molar-refractivity contribution < 1.29 is 4.39 Å². The van der Waals surface area contributed by atoms with Crippen LogP contribution in [-0.2, 0) is 0 Å². The van der Waals surface area contributed by atoms with Crippen LogP contribution in [-0.4, -0.2) is 4.98 Å². The van der Waals surface area contributed by atoms with Gasteiger partial charge in [0.25, 0.3) is 0 Å². The van der Waals surface area contributed by atoms with E-state index in [0.29, 0.717) is 10.7 Å². The summed E-state index contributed by atoms with van der Waals surface area (Å²) in [5.74, 6) is -0.200. The number of anilines is 1. The molecule has 0 spiro atoms. The molecule has 72 valence electrons. The summed E-state index contributed by atoms with van der Waals surface area (Å²) in [5, 5.41) is 0.503. The largest absolute Gasteiger partial charge is 0.375 e. The van der Waals surface area contributed by atoms with Crippen LogP contribution in [0.3, 0.4) is 0 Å². The molecule has 0 unspecified atom stereocenters. The topological polar surface area (TPSA) is 38.9 Å². The van der Waals surface area contributed by atoms with Crippen LogP contribution in [0.4, 0.5) is 9.52 Å². The third-order valence-corrected chi connectivity index (χ3v) is 2.92. The van der Waals surface area contributed by atoms with Crippen LogP contribution in [0.1, 0.15) is 5.56 Å². The number of nitrogens with zero attached hydrogens (tertiary/aromatic N) is 1. The van der Waals surface area contributed by atoms with Gasteiger partial charge in [0.15, 0.2) is 5.13 Å². The summed E-state index contributed by atoms with van der Waals surface area (Å²) < 4.78 is 13.2. The lowest BCUT2D eigenvalue weighted by atomic mass is 10.1. The predicted molar refractivity (Wildman–Crippen MR) is 56.7 cm³/mol. The Hall–Kier alpha value is -1.42. The van der Waals surface area contributed by atoms with Crippen molar-refractivity contribution in [2.24, 2.45) is 0 Å². The zero-order valence-corrected chi connectivity index (χ0v) is 8.44. The van der Waals surface area contributed by atoms with E-state index in [2.05, 4.69) is 4.98 Å². The molecular formula is C10H9FN2S. The number of nitrogen functional groups attached to an aromatic ring is 1. The maximum absolute atomic E-state index is 13.2. The van der Waals surface area contributed by atoms with Crippen molar-refractivity contribution in [1.82, 2.24) is 4.98 Å². The molecule has 2 N–H and O–H groups in total. The summed E-state index contributed by atoms with van der Waals surface area (Å²) in [6.45, 7) is 1.75. The average molecular weight is 208 g/mol. The van der Waals surface area contributed by atoms with Crippen molar-refractivity contribution in [3.8, 4) is 10.4 Å². The number of aromatic nitrogens is 1. The molecule has 0 atom stereocenters. The lowest BCUT2D eigenvalue weighted by Crippen LogP contribution is -1.85. The molecule has 1 aromatic carbocycles. The van der Waals surface area contributed by atoms with Gasteiger partial charge in [-0.05, 0) is 24.1 Å². The Labute approximate surface area is 85.2 Å². The van der Waals surface area contributed by atoms with Gasteiger partial charge in [0.1, 0.15) is 5.82 Å². The van der Waals surface area contributed by atoms with E-state index in [1.165, 1.54) is 17.4 Å². The van der Waals surface area contributed by atoms with Gasteiger partial charge >= 0.3 is 0 Å². The van der Waals surface area contributed by atoms with Gasteiger partial charge in [-0.3, -0.25) is 0 Å². The number of hydrogen-bond donors (Lipinski definition) is 1. The Bertz CT molecular complexity index is 465. The quantitative estimate of drug-likeness (QED) is 0.782. The van der Waals surface area contributed by atoms with Gasteiger partial charge in [-0.15, -0.1) is 0 Å². The highest BCUT2D eigenvalue weighted by atomic mass is 32.1. The molecule has 0 bridgehead atoms. The van der Waals surface area contributed by atoms with E-state index in [1.807, 2.05) is 6.07 Å². The van der Waals surface area contributed by atoms with Crippen molar-refractivity contribution >= 4 is 16.5 Å². The first-order chi connectivity index (χ1) is 6.68. The fourth-order valence-corrected chi connectivity index (χ4v) is 2.05. The standard InChI is InChI=1S/C10H9FN2S/c1-6-7(3-2-4-8(6)11)9-5-13-10(12)14-9/h2-5H,1H3,(H2,12,13). The summed E-state index contributed by atoms with van der Waals surface area (Å²) in [6.07, 6.45) is 1.67. The monoisotopic (exact) mass is 208 g/mol. The van der Waals surface area contributed by atoms with E-state index >= 15 is 0 Å². The molecule has 0 amide bonds. The molecule has 4 heteroatoms. The van der Waals surface area contributed by atoms with E-state index < -0.39 is 0 Å². The van der Waals surface area contributed by atoms with E-state index in [-0.39, 0.29) is 5.82 Å². The highest BCUT2D eigenvalue weighted by Crippen LogP contribution is 2.30. The van der Waals surface area contributed by atoms with Gasteiger partial charge in [0.05, 0.1) is 4.88 Å². The number of nitrogens with two attached hydrogens (primary N) is 1. The Morgan fingerprint density at radius 2 is 2.21 bits per heavy atom. The Morgan fingerprint density at radius 3 is 2.86 bits per heavy atom. The van der Waals surface area contributed by atoms with Crippen molar-refractivity contribution in [2.75, 3.05) is 5.73 Å². The van der Waals surface area contributed by atoms with Crippen molar-refractivity contribution in [2.45, 2.75) is 6.92 Å². The molecule has 14 heavy (non-hydrogen) atoms. The lowest BCUT2D eigenvalue weighted by Gasteiger charge is -2.02. The van der Waals surface area contributed by atoms with Gasteiger partial charge in [0, 0.05) is 6.20 Å². The number of rotatable bonds is 1.